The molecule has 1 aromatic carbocycles. The number of hydrogen-bond acceptors (Lipinski definition) is 17. The van der Waals surface area contributed by atoms with Gasteiger partial charge in [0, 0.05) is 22.6 Å². The van der Waals surface area contributed by atoms with E-state index in [1.54, 1.807) is 6.07 Å². The van der Waals surface area contributed by atoms with Gasteiger partial charge in [0.15, 0.2) is 18.1 Å². The molecule has 3 aliphatic heterocycles. The van der Waals surface area contributed by atoms with Crippen molar-refractivity contribution in [3.8, 4) is 0 Å². The summed E-state index contributed by atoms with van der Waals surface area (Å²) >= 11 is 3.33. The number of aliphatic hydroxyl groups excluding tert-OH is 7. The number of carbonyl (C=O) groups is 2. The molecule has 7 rings (SSSR count). The number of hydrogen-bond donors (Lipinski definition) is 12. The highest BCUT2D eigenvalue weighted by atomic mass is 79.9. The Morgan fingerprint density at radius 2 is 1.65 bits per heavy atom. The molecule has 20 nitrogen and oxygen atoms in total. The highest BCUT2D eigenvalue weighted by molar-refractivity contribution is 9.10. The van der Waals surface area contributed by atoms with Crippen molar-refractivity contribution in [2.75, 3.05) is 23.8 Å². The van der Waals surface area contributed by atoms with E-state index in [4.69, 9.17) is 14.2 Å². The SMILES string of the molecule is CC1(O)C2=Nc3c([nH]c(=O)[nH]c3=O)NCC2C(C(=O)OC2C(O)C(O)C(O)C(O)C2OC2OCC(O)C(O)C2O)C12C(=O)Nc1cc(Br)ccc12. The first-order chi connectivity index (χ1) is 24.0. The van der Waals surface area contributed by atoms with E-state index >= 15 is 0 Å². The zero-order valence-corrected chi connectivity index (χ0v) is 27.9. The van der Waals surface area contributed by atoms with Crippen molar-refractivity contribution in [1.29, 1.82) is 0 Å². The van der Waals surface area contributed by atoms with Gasteiger partial charge in [-0.2, -0.15) is 0 Å². The second-order valence-corrected chi connectivity index (χ2v) is 14.2. The highest BCUT2D eigenvalue weighted by Gasteiger charge is 2.75. The van der Waals surface area contributed by atoms with E-state index in [-0.39, 0.29) is 35.0 Å². The number of esters is 1. The first-order valence-electron chi connectivity index (χ1n) is 15.8. The zero-order chi connectivity index (χ0) is 36.9. The number of carbonyl (C=O) groups excluding carboxylic acids is 2. The van der Waals surface area contributed by atoms with E-state index in [9.17, 15) is 60.0 Å². The van der Waals surface area contributed by atoms with Gasteiger partial charge in [-0.05, 0) is 24.6 Å². The number of halogens is 1. The van der Waals surface area contributed by atoms with Gasteiger partial charge in [-0.1, -0.05) is 22.0 Å². The van der Waals surface area contributed by atoms with Crippen LogP contribution in [-0.2, 0) is 29.2 Å². The first kappa shape index (κ1) is 35.8. The molecule has 3 fully saturated rings. The normalized spacial score (nSPS) is 41.5. The number of fused-ring (bicyclic) bond motifs is 4. The fraction of sp³-hybridized carbons (Fsp3) is 0.567. The number of H-pyrrole nitrogens is 2. The smallest absolute Gasteiger partial charge is 0.327 e. The minimum absolute atomic E-state index is 0.132. The van der Waals surface area contributed by atoms with Gasteiger partial charge in [-0.15, -0.1) is 0 Å². The standard InChI is InChI=1S/C30H34BrN5O15/c1-29(48)22-8(5-32-23-13(34-22)24(44)36-28(47)35-23)12(30(29)9-3-2-7(31)4-10(9)33-27(30)46)25(45)50-20-17(41)15(39)16(40)18(42)21(20)51-26-19(43)14(38)11(37)6-49-26/h2-4,8,11-12,14-21,26,37-43,48H,5-6H2,1H3,(H,33,46)(H3,32,35,36,44,47). The van der Waals surface area contributed by atoms with Crippen molar-refractivity contribution >= 4 is 50.7 Å². The Kier molecular flexibility index (Phi) is 8.78. The van der Waals surface area contributed by atoms with Crippen molar-refractivity contribution in [2.45, 2.75) is 79.2 Å². The summed E-state index contributed by atoms with van der Waals surface area (Å²) in [6.45, 7) is 0.365. The fourth-order valence-corrected chi connectivity index (χ4v) is 8.32. The summed E-state index contributed by atoms with van der Waals surface area (Å²) in [4.78, 5) is 62.7. The summed E-state index contributed by atoms with van der Waals surface area (Å²) in [7, 11) is 0. The average Bonchev–Trinajstić information content (AvgIpc) is 3.35. The summed E-state index contributed by atoms with van der Waals surface area (Å²) < 4.78 is 17.2. The second kappa shape index (κ2) is 12.5. The molecule has 5 aliphatic rings. The van der Waals surface area contributed by atoms with Crippen LogP contribution in [0.3, 0.4) is 0 Å². The minimum Gasteiger partial charge on any atom is -0.456 e. The molecule has 1 aromatic heterocycles. The Morgan fingerprint density at radius 1 is 0.961 bits per heavy atom. The molecule has 14 atom stereocenters. The number of amides is 1. The Morgan fingerprint density at radius 3 is 2.35 bits per heavy atom. The second-order valence-electron chi connectivity index (χ2n) is 13.3. The van der Waals surface area contributed by atoms with Crippen molar-refractivity contribution in [2.24, 2.45) is 16.8 Å². The van der Waals surface area contributed by atoms with Crippen LogP contribution in [0.2, 0.25) is 0 Å². The third-order valence-electron chi connectivity index (χ3n) is 10.4. The minimum atomic E-state index is -2.36. The van der Waals surface area contributed by atoms with Crippen LogP contribution in [0, 0.1) is 11.8 Å². The molecule has 1 amide bonds. The van der Waals surface area contributed by atoms with Crippen LogP contribution >= 0.6 is 15.9 Å². The number of aromatic nitrogens is 2. The number of benzene rings is 1. The van der Waals surface area contributed by atoms with E-state index in [2.05, 4.69) is 36.5 Å². The zero-order valence-electron chi connectivity index (χ0n) is 26.3. The quantitative estimate of drug-likeness (QED) is 0.130. The number of aliphatic hydroxyl groups is 8. The van der Waals surface area contributed by atoms with Crippen LogP contribution < -0.4 is 21.9 Å². The summed E-state index contributed by atoms with van der Waals surface area (Å²) in [5.41, 5.74) is -6.65. The molecule has 2 aliphatic carbocycles. The van der Waals surface area contributed by atoms with Crippen molar-refractivity contribution in [1.82, 2.24) is 9.97 Å². The predicted molar refractivity (Wildman–Crippen MR) is 172 cm³/mol. The van der Waals surface area contributed by atoms with E-state index in [0.717, 1.165) is 0 Å². The number of aliphatic imine (C=N–C) groups is 1. The van der Waals surface area contributed by atoms with Gasteiger partial charge in [-0.25, -0.2) is 9.79 Å². The van der Waals surface area contributed by atoms with E-state index in [1.807, 2.05) is 4.98 Å². The number of nitrogens with one attached hydrogen (secondary N) is 4. The summed E-state index contributed by atoms with van der Waals surface area (Å²) in [5.74, 6) is -5.33. The monoisotopic (exact) mass is 783 g/mol. The lowest BCUT2D eigenvalue weighted by molar-refractivity contribution is -0.322. The van der Waals surface area contributed by atoms with Crippen LogP contribution in [0.25, 0.3) is 0 Å². The molecule has 0 bridgehead atoms. The third kappa shape index (κ3) is 5.22. The van der Waals surface area contributed by atoms with Gasteiger partial charge in [-0.3, -0.25) is 24.4 Å². The van der Waals surface area contributed by atoms with Crippen molar-refractivity contribution in [3.05, 3.63) is 49.1 Å². The molecule has 21 heteroatoms. The molecule has 276 valence electrons. The van der Waals surface area contributed by atoms with Crippen LogP contribution in [0.15, 0.2) is 37.3 Å². The molecule has 51 heavy (non-hydrogen) atoms. The summed E-state index contributed by atoms with van der Waals surface area (Å²) in [5, 5.41) is 91.7. The maximum Gasteiger partial charge on any atom is 0.327 e. The highest BCUT2D eigenvalue weighted by Crippen LogP contribution is 2.60. The third-order valence-corrected chi connectivity index (χ3v) is 10.9. The number of ether oxygens (including phenoxy) is 3. The number of aromatic amines is 2. The lowest BCUT2D eigenvalue weighted by atomic mass is 9.65. The number of anilines is 2. The Labute approximate surface area is 293 Å². The molecule has 0 radical (unpaired) electrons. The fourth-order valence-electron chi connectivity index (χ4n) is 7.96. The molecular formula is C30H34BrN5O15. The van der Waals surface area contributed by atoms with Crippen LogP contribution in [-0.4, -0.2) is 148 Å². The van der Waals surface area contributed by atoms with Gasteiger partial charge < -0.3 is 65.7 Å². The summed E-state index contributed by atoms with van der Waals surface area (Å²) in [6, 6.07) is 4.57. The lowest BCUT2D eigenvalue weighted by Crippen LogP contribution is -2.67. The summed E-state index contributed by atoms with van der Waals surface area (Å²) in [6.07, 6.45) is -19.5. The van der Waals surface area contributed by atoms with Gasteiger partial charge in [0.25, 0.3) is 5.56 Å². The van der Waals surface area contributed by atoms with Gasteiger partial charge >= 0.3 is 11.7 Å². The van der Waals surface area contributed by atoms with Gasteiger partial charge in [0.05, 0.1) is 18.2 Å². The van der Waals surface area contributed by atoms with Crippen molar-refractivity contribution in [3.63, 3.8) is 0 Å². The Bertz CT molecular complexity index is 1920. The molecule has 4 heterocycles. The maximum absolute atomic E-state index is 14.7. The molecule has 1 saturated heterocycles. The molecule has 14 unspecified atom stereocenters. The molecule has 12 N–H and O–H groups in total. The van der Waals surface area contributed by atoms with Crippen LogP contribution in [0.5, 0.6) is 0 Å². The van der Waals surface area contributed by atoms with Crippen LogP contribution in [0.4, 0.5) is 17.2 Å². The molecule has 2 saturated carbocycles. The topological polar surface area (TPSA) is 326 Å². The van der Waals surface area contributed by atoms with Crippen LogP contribution in [0.1, 0.15) is 12.5 Å². The van der Waals surface area contributed by atoms with E-state index < -0.39 is 114 Å². The van der Waals surface area contributed by atoms with E-state index in [0.29, 0.717) is 4.47 Å². The van der Waals surface area contributed by atoms with E-state index in [1.165, 1.54) is 19.1 Å². The Balaban J connectivity index is 1.34. The molecule has 1 spiro atoms. The average molecular weight is 785 g/mol. The van der Waals surface area contributed by atoms with Crippen molar-refractivity contribution < 1.29 is 64.7 Å². The largest absolute Gasteiger partial charge is 0.456 e. The molecular weight excluding hydrogens is 750 g/mol. The lowest BCUT2D eigenvalue weighted by Gasteiger charge is -2.46. The first-order valence-corrected chi connectivity index (χ1v) is 16.6. The molecule has 2 aromatic rings. The number of nitrogens with zero attached hydrogens (tertiary/aromatic N) is 1. The van der Waals surface area contributed by atoms with Gasteiger partial charge in [0.1, 0.15) is 65.7 Å². The predicted octanol–water partition coefficient (Wildman–Crippen LogP) is -4.60. The maximum atomic E-state index is 14.7. The Hall–Kier alpha value is -3.61. The van der Waals surface area contributed by atoms with Gasteiger partial charge in [0.2, 0.25) is 5.91 Å². The number of rotatable bonds is 4.